The van der Waals surface area contributed by atoms with Crippen molar-refractivity contribution in [2.24, 2.45) is 0 Å². The van der Waals surface area contributed by atoms with Crippen LogP contribution in [-0.2, 0) is 0 Å². The predicted octanol–water partition coefficient (Wildman–Crippen LogP) is 9.62. The smallest absolute Gasteiger partial charge is 0.167 e. The first-order chi connectivity index (χ1) is 12.2. The molecule has 0 N–H and O–H groups in total. The van der Waals surface area contributed by atoms with E-state index in [2.05, 4.69) is 46.4 Å². The van der Waals surface area contributed by atoms with Crippen LogP contribution in [0.15, 0.2) is 23.2 Å². The van der Waals surface area contributed by atoms with Crippen LogP contribution in [0, 0.1) is 11.8 Å². The molecule has 0 aromatic rings. The van der Waals surface area contributed by atoms with E-state index in [1.54, 1.807) is 0 Å². The average Bonchev–Trinajstić information content (AvgIpc) is 2.34. The highest BCUT2D eigenvalue weighted by atomic mass is 35.5. The fourth-order valence-corrected chi connectivity index (χ4v) is 0.953. The second kappa shape index (κ2) is 17.4. The zero-order chi connectivity index (χ0) is 23.7. The number of allylic oxidation sites excluding steroid dienone is 2. The first-order valence-electron chi connectivity index (χ1n) is 5.91. The van der Waals surface area contributed by atoms with E-state index in [-0.39, 0.29) is 16.4 Å². The topological polar surface area (TPSA) is 0 Å². The lowest BCUT2D eigenvalue weighted by Gasteiger charge is -1.93. The highest BCUT2D eigenvalue weighted by Crippen LogP contribution is 2.22. The third-order valence-corrected chi connectivity index (χ3v) is 1.68. The van der Waals surface area contributed by atoms with E-state index < -0.39 is 37.5 Å². The van der Waals surface area contributed by atoms with Gasteiger partial charge in [0.25, 0.3) is 0 Å². The molecular formula is C12H13Cl4F12+5. The lowest BCUT2D eigenvalue weighted by atomic mass is 10.5. The van der Waals surface area contributed by atoms with Crippen molar-refractivity contribution in [3.63, 3.8) is 0 Å². The van der Waals surface area contributed by atoms with Crippen molar-refractivity contribution < 1.29 is 57.0 Å². The fourth-order valence-electron chi connectivity index (χ4n) is 0.318. The second-order valence-electron chi connectivity index (χ2n) is 3.62. The summed E-state index contributed by atoms with van der Waals surface area (Å²) in [7, 11) is 0. The van der Waals surface area contributed by atoms with Crippen LogP contribution in [-0.4, -0.2) is 24.7 Å². The van der Waals surface area contributed by atoms with Crippen LogP contribution in [0.2, 0.25) is 0 Å². The molecule has 28 heavy (non-hydrogen) atoms. The maximum Gasteiger partial charge on any atom is 1.00 e. The van der Waals surface area contributed by atoms with Gasteiger partial charge in [-0.1, -0.05) is 23.2 Å². The molecule has 0 heterocycles. The van der Waals surface area contributed by atoms with Gasteiger partial charge in [-0.3, -0.25) is 0 Å². The Bertz CT molecular complexity index is 370. The van der Waals surface area contributed by atoms with Crippen molar-refractivity contribution in [3.8, 4) is 0 Å². The van der Waals surface area contributed by atoms with Gasteiger partial charge in [-0.25, -0.2) is 0 Å². The van der Waals surface area contributed by atoms with E-state index in [0.717, 1.165) is 0 Å². The van der Waals surface area contributed by atoms with Gasteiger partial charge < -0.3 is 0 Å². The summed E-state index contributed by atoms with van der Waals surface area (Å²) in [5.74, 6) is 1.11. The monoisotopic (exact) mass is 525 g/mol. The van der Waals surface area contributed by atoms with Crippen molar-refractivity contribution in [3.05, 3.63) is 35.0 Å². The molecule has 0 unspecified atom stereocenters. The van der Waals surface area contributed by atoms with Gasteiger partial charge in [0.1, 0.15) is 23.2 Å². The molecule has 0 nitrogen and oxygen atoms in total. The molecule has 0 aromatic carbocycles. The van der Waals surface area contributed by atoms with Gasteiger partial charge >= 0.3 is 29.0 Å². The Morgan fingerprint density at radius 3 is 0.786 bits per heavy atom. The molecule has 16 heteroatoms. The summed E-state index contributed by atoms with van der Waals surface area (Å²) in [5.41, 5.74) is 0.861. The molecule has 0 radical (unpaired) electrons. The van der Waals surface area contributed by atoms with Crippen LogP contribution in [0.5, 0.6) is 0 Å². The van der Waals surface area contributed by atoms with Crippen molar-refractivity contribution in [2.75, 3.05) is 0 Å². The minimum atomic E-state index is -4.26. The van der Waals surface area contributed by atoms with Crippen molar-refractivity contribution in [2.45, 2.75) is 37.5 Å². The Hall–Kier alpha value is -0.460. The SMILES string of the molecule is FC(F)(F)/C=C/Cl.FC(F)(F)/C=C\Cl.FC(F)(F)C[CH+]Cl.FC(F)(F)C[CH+]Cl.[H+].[H+].[H+]. The summed E-state index contributed by atoms with van der Waals surface area (Å²) in [5, 5.41) is 0. The van der Waals surface area contributed by atoms with Crippen LogP contribution in [0.4, 0.5) is 52.7 Å². The first kappa shape index (κ1) is 35.0. The largest absolute Gasteiger partial charge is 1.00 e. The third-order valence-electron chi connectivity index (χ3n) is 1.12. The lowest BCUT2D eigenvalue weighted by molar-refractivity contribution is -0.127. The summed E-state index contributed by atoms with van der Waals surface area (Å²) in [6, 6.07) is 0. The molecule has 0 atom stereocenters. The Balaban J connectivity index is -0.0000000480. The molecule has 168 valence electrons. The highest BCUT2D eigenvalue weighted by molar-refractivity contribution is 6.25. The van der Waals surface area contributed by atoms with E-state index in [4.69, 9.17) is 0 Å². The number of rotatable bonds is 2. The van der Waals surface area contributed by atoms with E-state index in [1.807, 2.05) is 0 Å². The summed E-state index contributed by atoms with van der Waals surface area (Å²) < 4.78 is 131. The normalized spacial score (nSPS) is 12.3. The third kappa shape index (κ3) is 63.7. The fraction of sp³-hybridized carbons (Fsp3) is 0.500. The molecule has 0 amide bonds. The average molecular weight is 527 g/mol. The van der Waals surface area contributed by atoms with Gasteiger partial charge in [0.2, 0.25) is 12.8 Å². The molecular weight excluding hydrogens is 514 g/mol. The predicted molar refractivity (Wildman–Crippen MR) is 87.1 cm³/mol. The molecule has 0 rings (SSSR count). The van der Waals surface area contributed by atoms with Gasteiger partial charge in [-0.2, -0.15) is 52.7 Å². The van der Waals surface area contributed by atoms with Crippen LogP contribution >= 0.6 is 46.4 Å². The van der Waals surface area contributed by atoms with E-state index in [1.165, 1.54) is 0 Å². The molecule has 0 saturated carbocycles. The number of hydrogen-bond donors (Lipinski definition) is 0. The number of halogens is 16. The number of alkyl halides is 12. The van der Waals surface area contributed by atoms with Gasteiger partial charge in [0.15, 0.2) is 11.8 Å². The Morgan fingerprint density at radius 2 is 0.786 bits per heavy atom. The summed E-state index contributed by atoms with van der Waals surface area (Å²) in [6.07, 6.45) is -18.9. The standard InChI is InChI=1S/2C3H3ClF3.2C3H2ClF3/c4*4-2-1-3(5,6)7/h2*2H,1H2;2*1-2H/q2*+1;;/p+3/b;;2-1+;2-1-. The van der Waals surface area contributed by atoms with Gasteiger partial charge in [0.05, 0.1) is 0 Å². The van der Waals surface area contributed by atoms with Gasteiger partial charge in [-0.15, -0.1) is 0 Å². The quantitative estimate of drug-likeness (QED) is 0.248. The van der Waals surface area contributed by atoms with E-state index >= 15 is 0 Å². The molecule has 0 aliphatic rings. The maximum absolute atomic E-state index is 10.9. The molecule has 0 aromatic heterocycles. The van der Waals surface area contributed by atoms with Gasteiger partial charge in [0, 0.05) is 23.2 Å². The Morgan fingerprint density at radius 1 is 0.571 bits per heavy atom. The highest BCUT2D eigenvalue weighted by Gasteiger charge is 2.32. The zero-order valence-corrected chi connectivity index (χ0v) is 15.9. The van der Waals surface area contributed by atoms with Crippen molar-refractivity contribution in [1.29, 1.82) is 0 Å². The zero-order valence-electron chi connectivity index (χ0n) is 15.9. The minimum absolute atomic E-state index is 0. The summed E-state index contributed by atoms with van der Waals surface area (Å²) >= 11 is 18.5. The van der Waals surface area contributed by atoms with Crippen LogP contribution in [0.25, 0.3) is 0 Å². The van der Waals surface area contributed by atoms with Crippen molar-refractivity contribution in [1.82, 2.24) is 0 Å². The van der Waals surface area contributed by atoms with E-state index in [0.29, 0.717) is 22.8 Å². The van der Waals surface area contributed by atoms with Crippen molar-refractivity contribution >= 4 is 46.4 Å². The summed E-state index contributed by atoms with van der Waals surface area (Å²) in [6.45, 7) is 0. The molecule has 0 saturated heterocycles. The summed E-state index contributed by atoms with van der Waals surface area (Å²) in [4.78, 5) is 0. The lowest BCUT2D eigenvalue weighted by Crippen LogP contribution is -2.04. The molecule has 0 fully saturated rings. The van der Waals surface area contributed by atoms with Crippen LogP contribution in [0.1, 0.15) is 17.1 Å². The van der Waals surface area contributed by atoms with Crippen LogP contribution < -0.4 is 0 Å². The van der Waals surface area contributed by atoms with E-state index in [9.17, 15) is 52.7 Å². The number of hydrogen-bond acceptors (Lipinski definition) is 0. The van der Waals surface area contributed by atoms with Gasteiger partial charge in [-0.05, 0) is 0 Å². The molecule has 0 aliphatic heterocycles. The second-order valence-corrected chi connectivity index (χ2v) is 4.74. The minimum Gasteiger partial charge on any atom is -0.167 e. The molecule has 0 aliphatic carbocycles. The van der Waals surface area contributed by atoms with Crippen LogP contribution in [0.3, 0.4) is 0 Å². The Labute approximate surface area is 176 Å². The first-order valence-corrected chi connectivity index (χ1v) is 7.65. The maximum atomic E-state index is 10.9. The molecule has 0 spiro atoms. The Kier molecular flexibility index (Phi) is 21.8. The molecule has 0 bridgehead atoms.